The first-order chi connectivity index (χ1) is 9.66. The lowest BCUT2D eigenvalue weighted by Gasteiger charge is -2.28. The van der Waals surface area contributed by atoms with Crippen LogP contribution >= 0.6 is 0 Å². The summed E-state index contributed by atoms with van der Waals surface area (Å²) in [4.78, 5) is 10.9. The van der Waals surface area contributed by atoms with E-state index in [1.165, 1.54) is 32.1 Å². The molecule has 0 radical (unpaired) electrons. The second-order valence-corrected chi connectivity index (χ2v) is 5.99. The topological polar surface area (TPSA) is 49.3 Å². The summed E-state index contributed by atoms with van der Waals surface area (Å²) < 4.78 is 0. The second kappa shape index (κ2) is 7.44. The number of nitrogens with one attached hydrogen (secondary N) is 1. The minimum Gasteiger partial charge on any atom is -0.478 e. The van der Waals surface area contributed by atoms with Crippen LogP contribution in [0.2, 0.25) is 0 Å². The van der Waals surface area contributed by atoms with Gasteiger partial charge in [-0.05, 0) is 42.5 Å². The van der Waals surface area contributed by atoms with Gasteiger partial charge in [-0.25, -0.2) is 4.79 Å². The predicted octanol–water partition coefficient (Wildman–Crippen LogP) is 3.69. The molecule has 1 aliphatic carbocycles. The van der Waals surface area contributed by atoms with Gasteiger partial charge in [0.15, 0.2) is 0 Å². The lowest BCUT2D eigenvalue weighted by atomic mass is 9.79. The zero-order valence-corrected chi connectivity index (χ0v) is 12.3. The molecule has 0 bridgehead atoms. The smallest absolute Gasteiger partial charge is 0.335 e. The predicted molar refractivity (Wildman–Crippen MR) is 80.8 cm³/mol. The molecule has 2 unspecified atom stereocenters. The van der Waals surface area contributed by atoms with Gasteiger partial charge in [0.05, 0.1) is 5.56 Å². The van der Waals surface area contributed by atoms with E-state index in [4.69, 9.17) is 5.11 Å². The van der Waals surface area contributed by atoms with Crippen LogP contribution < -0.4 is 5.32 Å². The maximum absolute atomic E-state index is 10.9. The normalized spacial score (nSPS) is 22.6. The zero-order valence-electron chi connectivity index (χ0n) is 12.3. The molecular formula is C17H25NO2. The number of carboxylic acid groups (broad SMARTS) is 1. The molecule has 110 valence electrons. The quantitative estimate of drug-likeness (QED) is 0.778. The van der Waals surface area contributed by atoms with Crippen molar-refractivity contribution >= 4 is 5.97 Å². The van der Waals surface area contributed by atoms with Gasteiger partial charge in [0.25, 0.3) is 0 Å². The minimum atomic E-state index is -0.858. The Bertz CT molecular complexity index is 444. The number of benzene rings is 1. The third-order valence-electron chi connectivity index (χ3n) is 4.48. The lowest BCUT2D eigenvalue weighted by Crippen LogP contribution is -2.23. The van der Waals surface area contributed by atoms with Crippen molar-refractivity contribution < 1.29 is 9.90 Å². The van der Waals surface area contributed by atoms with Gasteiger partial charge in [0.2, 0.25) is 0 Å². The Hall–Kier alpha value is -1.35. The average molecular weight is 275 g/mol. The molecule has 20 heavy (non-hydrogen) atoms. The Labute approximate surface area is 121 Å². The van der Waals surface area contributed by atoms with E-state index in [1.54, 1.807) is 12.1 Å². The maximum atomic E-state index is 10.9. The van der Waals surface area contributed by atoms with Gasteiger partial charge in [-0.2, -0.15) is 0 Å². The zero-order chi connectivity index (χ0) is 14.4. The molecule has 1 aromatic carbocycles. The molecule has 3 nitrogen and oxygen atoms in total. The lowest BCUT2D eigenvalue weighted by molar-refractivity contribution is 0.0696. The molecule has 1 aromatic rings. The van der Waals surface area contributed by atoms with E-state index in [2.05, 4.69) is 12.2 Å². The summed E-state index contributed by atoms with van der Waals surface area (Å²) in [6.07, 6.45) is 6.77. The van der Waals surface area contributed by atoms with Gasteiger partial charge < -0.3 is 10.4 Å². The van der Waals surface area contributed by atoms with Crippen molar-refractivity contribution in [2.75, 3.05) is 6.54 Å². The highest BCUT2D eigenvalue weighted by molar-refractivity contribution is 5.87. The van der Waals surface area contributed by atoms with E-state index < -0.39 is 5.97 Å². The summed E-state index contributed by atoms with van der Waals surface area (Å²) in [6.45, 7) is 4.15. The van der Waals surface area contributed by atoms with Crippen LogP contribution in [0.25, 0.3) is 0 Å². The van der Waals surface area contributed by atoms with Crippen LogP contribution in [0.5, 0.6) is 0 Å². The van der Waals surface area contributed by atoms with Crippen molar-refractivity contribution in [3.8, 4) is 0 Å². The second-order valence-electron chi connectivity index (χ2n) is 5.99. The standard InChI is InChI=1S/C17H25NO2/c1-13-5-2-3-7-15(13)9-10-18-12-14-6-4-8-16(11-14)17(19)20/h4,6,8,11,13,15,18H,2-3,5,7,9-10,12H2,1H3,(H,19,20). The molecule has 1 saturated carbocycles. The van der Waals surface area contributed by atoms with Crippen LogP contribution in [-0.4, -0.2) is 17.6 Å². The van der Waals surface area contributed by atoms with Gasteiger partial charge in [-0.15, -0.1) is 0 Å². The molecule has 0 aliphatic heterocycles. The summed E-state index contributed by atoms with van der Waals surface area (Å²) in [5.74, 6) is 0.866. The number of hydrogen-bond donors (Lipinski definition) is 2. The van der Waals surface area contributed by atoms with Gasteiger partial charge in [-0.1, -0.05) is 44.7 Å². The van der Waals surface area contributed by atoms with Crippen molar-refractivity contribution in [3.63, 3.8) is 0 Å². The van der Waals surface area contributed by atoms with Crippen LogP contribution in [0.4, 0.5) is 0 Å². The molecule has 2 N–H and O–H groups in total. The molecule has 0 aromatic heterocycles. The molecular weight excluding hydrogens is 250 g/mol. The van der Waals surface area contributed by atoms with E-state index >= 15 is 0 Å². The van der Waals surface area contributed by atoms with Crippen molar-refractivity contribution in [1.29, 1.82) is 0 Å². The van der Waals surface area contributed by atoms with Crippen LogP contribution in [0.1, 0.15) is 54.9 Å². The number of hydrogen-bond acceptors (Lipinski definition) is 2. The van der Waals surface area contributed by atoms with Crippen LogP contribution in [0.15, 0.2) is 24.3 Å². The first-order valence-corrected chi connectivity index (χ1v) is 7.70. The highest BCUT2D eigenvalue weighted by Crippen LogP contribution is 2.31. The summed E-state index contributed by atoms with van der Waals surface area (Å²) >= 11 is 0. The van der Waals surface area contributed by atoms with Crippen LogP contribution in [0.3, 0.4) is 0 Å². The number of aromatic carboxylic acids is 1. The highest BCUT2D eigenvalue weighted by atomic mass is 16.4. The number of rotatable bonds is 6. The van der Waals surface area contributed by atoms with E-state index in [0.717, 1.165) is 30.5 Å². The fourth-order valence-corrected chi connectivity index (χ4v) is 3.16. The van der Waals surface area contributed by atoms with E-state index in [1.807, 2.05) is 12.1 Å². The SMILES string of the molecule is CC1CCCCC1CCNCc1cccc(C(=O)O)c1. The van der Waals surface area contributed by atoms with Gasteiger partial charge in [0.1, 0.15) is 0 Å². The van der Waals surface area contributed by atoms with Crippen LogP contribution in [0, 0.1) is 11.8 Å². The Morgan fingerprint density at radius 2 is 2.15 bits per heavy atom. The highest BCUT2D eigenvalue weighted by Gasteiger charge is 2.20. The molecule has 1 fully saturated rings. The molecule has 0 heterocycles. The van der Waals surface area contributed by atoms with Gasteiger partial charge in [-0.3, -0.25) is 0 Å². The fraction of sp³-hybridized carbons (Fsp3) is 0.588. The molecule has 0 saturated heterocycles. The summed E-state index contributed by atoms with van der Waals surface area (Å²) in [5, 5.41) is 12.4. The first-order valence-electron chi connectivity index (χ1n) is 7.70. The van der Waals surface area contributed by atoms with Crippen LogP contribution in [-0.2, 0) is 6.54 Å². The van der Waals surface area contributed by atoms with E-state index in [-0.39, 0.29) is 0 Å². The third kappa shape index (κ3) is 4.34. The molecule has 3 heteroatoms. The monoisotopic (exact) mass is 275 g/mol. The van der Waals surface area contributed by atoms with Crippen molar-refractivity contribution in [2.45, 2.75) is 45.6 Å². The molecule has 0 amide bonds. The van der Waals surface area contributed by atoms with Crippen molar-refractivity contribution in [2.24, 2.45) is 11.8 Å². The van der Waals surface area contributed by atoms with Crippen molar-refractivity contribution in [1.82, 2.24) is 5.32 Å². The molecule has 2 rings (SSSR count). The summed E-state index contributed by atoms with van der Waals surface area (Å²) in [7, 11) is 0. The Kier molecular flexibility index (Phi) is 5.60. The number of carboxylic acids is 1. The average Bonchev–Trinajstić information content (AvgIpc) is 2.45. The maximum Gasteiger partial charge on any atom is 0.335 e. The Balaban J connectivity index is 1.73. The minimum absolute atomic E-state index is 0.366. The Morgan fingerprint density at radius 3 is 2.90 bits per heavy atom. The largest absolute Gasteiger partial charge is 0.478 e. The van der Waals surface area contributed by atoms with Gasteiger partial charge in [0, 0.05) is 6.54 Å². The molecule has 1 aliphatic rings. The number of carbonyl (C=O) groups is 1. The molecule has 2 atom stereocenters. The van der Waals surface area contributed by atoms with Gasteiger partial charge >= 0.3 is 5.97 Å². The third-order valence-corrected chi connectivity index (χ3v) is 4.48. The van der Waals surface area contributed by atoms with E-state index in [0.29, 0.717) is 5.56 Å². The Morgan fingerprint density at radius 1 is 1.35 bits per heavy atom. The first kappa shape index (κ1) is 15.0. The fourth-order valence-electron chi connectivity index (χ4n) is 3.16. The van der Waals surface area contributed by atoms with E-state index in [9.17, 15) is 4.79 Å². The summed E-state index contributed by atoms with van der Waals surface area (Å²) in [6, 6.07) is 7.17. The molecule has 0 spiro atoms. The van der Waals surface area contributed by atoms with Crippen molar-refractivity contribution in [3.05, 3.63) is 35.4 Å². The summed E-state index contributed by atoms with van der Waals surface area (Å²) in [5.41, 5.74) is 1.41.